The van der Waals surface area contributed by atoms with Gasteiger partial charge in [-0.1, -0.05) is 29.8 Å². The number of thioether (sulfide) groups is 1. The lowest BCUT2D eigenvalue weighted by molar-refractivity contribution is -0.119. The Morgan fingerprint density at radius 1 is 1.14 bits per heavy atom. The van der Waals surface area contributed by atoms with Crippen molar-refractivity contribution < 1.29 is 14.3 Å². The number of carbonyl (C=O) groups is 2. The van der Waals surface area contributed by atoms with Gasteiger partial charge in [0.25, 0.3) is 5.91 Å². The van der Waals surface area contributed by atoms with Gasteiger partial charge in [0.1, 0.15) is 10.7 Å². The van der Waals surface area contributed by atoms with Crippen molar-refractivity contribution in [1.82, 2.24) is 9.78 Å². The third kappa shape index (κ3) is 4.55. The standard InChI is InChI=1S/C20H18ClN3O3S/c1-13-18(19(21)24(23-13)15-6-4-3-5-7-15)20(26)27-12-17(25)22-14-8-10-16(28-2)11-9-14/h3-11H,12H2,1-2H3,(H,22,25). The van der Waals surface area contributed by atoms with Crippen LogP contribution in [0.2, 0.25) is 5.15 Å². The normalized spacial score (nSPS) is 10.5. The molecule has 0 aliphatic carbocycles. The highest BCUT2D eigenvalue weighted by atomic mass is 35.5. The summed E-state index contributed by atoms with van der Waals surface area (Å²) >= 11 is 7.94. The van der Waals surface area contributed by atoms with Crippen LogP contribution in [-0.2, 0) is 9.53 Å². The summed E-state index contributed by atoms with van der Waals surface area (Å²) in [6, 6.07) is 16.6. The molecule has 0 radical (unpaired) electrons. The van der Waals surface area contributed by atoms with E-state index in [-0.39, 0.29) is 10.7 Å². The number of amides is 1. The monoisotopic (exact) mass is 415 g/mol. The largest absolute Gasteiger partial charge is 0.452 e. The van der Waals surface area contributed by atoms with Crippen molar-refractivity contribution in [3.8, 4) is 5.69 Å². The number of anilines is 1. The number of carbonyl (C=O) groups excluding carboxylic acids is 2. The Morgan fingerprint density at radius 3 is 2.46 bits per heavy atom. The molecule has 0 saturated carbocycles. The van der Waals surface area contributed by atoms with Crippen LogP contribution in [0.4, 0.5) is 5.69 Å². The highest BCUT2D eigenvalue weighted by Gasteiger charge is 2.23. The first-order valence-electron chi connectivity index (χ1n) is 8.41. The molecule has 144 valence electrons. The van der Waals surface area contributed by atoms with Gasteiger partial charge >= 0.3 is 5.97 Å². The number of halogens is 1. The number of aromatic nitrogens is 2. The number of nitrogens with one attached hydrogen (secondary N) is 1. The predicted molar refractivity (Wildman–Crippen MR) is 110 cm³/mol. The molecule has 0 atom stereocenters. The van der Waals surface area contributed by atoms with Gasteiger partial charge in [-0.25, -0.2) is 9.48 Å². The van der Waals surface area contributed by atoms with Crippen LogP contribution in [0.5, 0.6) is 0 Å². The van der Waals surface area contributed by atoms with Crippen LogP contribution in [0.25, 0.3) is 5.69 Å². The number of nitrogens with zero attached hydrogens (tertiary/aromatic N) is 2. The maximum atomic E-state index is 12.4. The van der Waals surface area contributed by atoms with E-state index in [1.165, 1.54) is 4.68 Å². The smallest absolute Gasteiger partial charge is 0.343 e. The second kappa shape index (κ2) is 8.95. The van der Waals surface area contributed by atoms with Crippen LogP contribution in [0.3, 0.4) is 0 Å². The molecule has 1 heterocycles. The zero-order valence-corrected chi connectivity index (χ0v) is 16.9. The molecule has 28 heavy (non-hydrogen) atoms. The van der Waals surface area contributed by atoms with E-state index in [1.54, 1.807) is 30.8 Å². The first-order chi connectivity index (χ1) is 13.5. The number of para-hydroxylation sites is 1. The summed E-state index contributed by atoms with van der Waals surface area (Å²) < 4.78 is 6.58. The van der Waals surface area contributed by atoms with Gasteiger partial charge in [-0.15, -0.1) is 11.8 Å². The van der Waals surface area contributed by atoms with Crippen LogP contribution >= 0.6 is 23.4 Å². The maximum absolute atomic E-state index is 12.4. The summed E-state index contributed by atoms with van der Waals surface area (Å²) in [7, 11) is 0. The van der Waals surface area contributed by atoms with Crippen LogP contribution < -0.4 is 5.32 Å². The number of rotatable bonds is 6. The second-order valence-corrected chi connectivity index (χ2v) is 7.09. The highest BCUT2D eigenvalue weighted by molar-refractivity contribution is 7.98. The molecule has 8 heteroatoms. The number of hydrogen-bond donors (Lipinski definition) is 1. The summed E-state index contributed by atoms with van der Waals surface area (Å²) in [5, 5.41) is 7.12. The summed E-state index contributed by atoms with van der Waals surface area (Å²) in [6.07, 6.45) is 1.97. The van der Waals surface area contributed by atoms with Crippen molar-refractivity contribution in [2.75, 3.05) is 18.2 Å². The highest BCUT2D eigenvalue weighted by Crippen LogP contribution is 2.24. The van der Waals surface area contributed by atoms with Gasteiger partial charge in [-0.05, 0) is 49.6 Å². The second-order valence-electron chi connectivity index (χ2n) is 5.85. The minimum Gasteiger partial charge on any atom is -0.452 e. The van der Waals surface area contributed by atoms with E-state index >= 15 is 0 Å². The SMILES string of the molecule is CSc1ccc(NC(=O)COC(=O)c2c(C)nn(-c3ccccc3)c2Cl)cc1. The van der Waals surface area contributed by atoms with Gasteiger partial charge in [0.05, 0.1) is 11.4 Å². The molecule has 6 nitrogen and oxygen atoms in total. The van der Waals surface area contributed by atoms with Gasteiger partial charge in [-0.3, -0.25) is 4.79 Å². The quantitative estimate of drug-likeness (QED) is 0.478. The lowest BCUT2D eigenvalue weighted by Crippen LogP contribution is -2.21. The maximum Gasteiger partial charge on any atom is 0.343 e. The molecule has 3 rings (SSSR count). The van der Waals surface area contributed by atoms with Crippen molar-refractivity contribution in [3.05, 3.63) is 71.0 Å². The molecule has 1 amide bonds. The van der Waals surface area contributed by atoms with Crippen LogP contribution in [0, 0.1) is 6.92 Å². The minimum atomic E-state index is -0.697. The van der Waals surface area contributed by atoms with Crippen LogP contribution in [0.1, 0.15) is 16.1 Å². The molecule has 1 N–H and O–H groups in total. The number of benzene rings is 2. The Hall–Kier alpha value is -2.77. The molecule has 0 saturated heterocycles. The molecule has 3 aromatic rings. The van der Waals surface area contributed by atoms with Crippen molar-refractivity contribution in [2.45, 2.75) is 11.8 Å². The number of ether oxygens (including phenoxy) is 1. The lowest BCUT2D eigenvalue weighted by Gasteiger charge is -2.07. The number of hydrogen-bond acceptors (Lipinski definition) is 5. The van der Waals surface area contributed by atoms with Crippen LogP contribution in [0.15, 0.2) is 59.5 Å². The van der Waals surface area contributed by atoms with E-state index < -0.39 is 18.5 Å². The summed E-state index contributed by atoms with van der Waals surface area (Å²) in [4.78, 5) is 25.6. The Kier molecular flexibility index (Phi) is 6.38. The third-order valence-electron chi connectivity index (χ3n) is 3.92. The van der Waals surface area contributed by atoms with Crippen molar-refractivity contribution in [3.63, 3.8) is 0 Å². The average Bonchev–Trinajstić information content (AvgIpc) is 3.01. The summed E-state index contributed by atoms with van der Waals surface area (Å²) in [6.45, 7) is 1.24. The van der Waals surface area contributed by atoms with Crippen molar-refractivity contribution in [1.29, 1.82) is 0 Å². The predicted octanol–water partition coefficient (Wildman–Crippen LogP) is 4.35. The third-order valence-corrected chi connectivity index (χ3v) is 5.01. The Balaban J connectivity index is 1.64. The van der Waals surface area contributed by atoms with E-state index in [4.69, 9.17) is 16.3 Å². The first-order valence-corrected chi connectivity index (χ1v) is 10.0. The average molecular weight is 416 g/mol. The molecule has 1 aromatic heterocycles. The Morgan fingerprint density at radius 2 is 1.82 bits per heavy atom. The van der Waals surface area contributed by atoms with E-state index in [0.717, 1.165) is 10.6 Å². The van der Waals surface area contributed by atoms with Gasteiger partial charge in [0.2, 0.25) is 0 Å². The van der Waals surface area contributed by atoms with E-state index in [2.05, 4.69) is 10.4 Å². The fraction of sp³-hybridized carbons (Fsp3) is 0.150. The zero-order valence-electron chi connectivity index (χ0n) is 15.3. The Bertz CT molecular complexity index is 988. The van der Waals surface area contributed by atoms with Gasteiger partial charge < -0.3 is 10.1 Å². The van der Waals surface area contributed by atoms with E-state index in [9.17, 15) is 9.59 Å². The fourth-order valence-corrected chi connectivity index (χ4v) is 3.30. The van der Waals surface area contributed by atoms with Gasteiger partial charge in [0.15, 0.2) is 6.61 Å². The molecular formula is C20H18ClN3O3S. The molecule has 2 aromatic carbocycles. The first kappa shape index (κ1) is 20.0. The van der Waals surface area contributed by atoms with Crippen LogP contribution in [-0.4, -0.2) is 34.5 Å². The number of esters is 1. The summed E-state index contributed by atoms with van der Waals surface area (Å²) in [5.74, 6) is -1.13. The van der Waals surface area contributed by atoms with Crippen molar-refractivity contribution in [2.24, 2.45) is 0 Å². The van der Waals surface area contributed by atoms with Gasteiger partial charge in [0, 0.05) is 10.6 Å². The molecule has 0 bridgehead atoms. The lowest BCUT2D eigenvalue weighted by atomic mass is 10.2. The van der Waals surface area contributed by atoms with Gasteiger partial charge in [-0.2, -0.15) is 5.10 Å². The van der Waals surface area contributed by atoms with Crippen molar-refractivity contribution >= 4 is 40.9 Å². The molecule has 0 spiro atoms. The van der Waals surface area contributed by atoms with E-state index in [0.29, 0.717) is 11.4 Å². The molecule has 0 unspecified atom stereocenters. The fourth-order valence-electron chi connectivity index (χ4n) is 2.55. The molecule has 0 fully saturated rings. The Labute approximate surface area is 171 Å². The molecule has 0 aliphatic heterocycles. The molecule has 0 aliphatic rings. The van der Waals surface area contributed by atoms with E-state index in [1.807, 2.05) is 48.7 Å². The summed E-state index contributed by atoms with van der Waals surface area (Å²) in [5.41, 5.74) is 1.92. The zero-order chi connectivity index (χ0) is 20.1. The topological polar surface area (TPSA) is 73.2 Å². The minimum absolute atomic E-state index is 0.141. The number of aryl methyl sites for hydroxylation is 1. The molecular weight excluding hydrogens is 398 g/mol.